The summed E-state index contributed by atoms with van der Waals surface area (Å²) in [6.07, 6.45) is 0.243. The fourth-order valence-corrected chi connectivity index (χ4v) is 2.16. The fraction of sp³-hybridized carbons (Fsp3) is 0.0769. The van der Waals surface area contributed by atoms with Gasteiger partial charge in [-0.1, -0.05) is 36.4 Å². The van der Waals surface area contributed by atoms with Gasteiger partial charge in [-0.15, -0.1) is 0 Å². The van der Waals surface area contributed by atoms with E-state index in [2.05, 4.69) is 0 Å². The summed E-state index contributed by atoms with van der Waals surface area (Å²) in [7, 11) is 0. The van der Waals surface area contributed by atoms with Crippen LogP contribution < -0.4 is 0 Å². The molecule has 0 bridgehead atoms. The maximum atomic E-state index is 11.7. The van der Waals surface area contributed by atoms with Gasteiger partial charge in [-0.05, 0) is 16.3 Å². The van der Waals surface area contributed by atoms with Crippen LogP contribution in [-0.2, 0) is 11.2 Å². The minimum Gasteiger partial charge on any atom is -0.290 e. The number of benzene rings is 2. The summed E-state index contributed by atoms with van der Waals surface area (Å²) in [5, 5.41) is 1.98. The van der Waals surface area contributed by atoms with E-state index in [0.717, 1.165) is 16.3 Å². The third-order valence-electron chi connectivity index (χ3n) is 2.84. The van der Waals surface area contributed by atoms with Crippen LogP contribution in [0.15, 0.2) is 36.4 Å². The Kier molecular flexibility index (Phi) is 1.54. The van der Waals surface area contributed by atoms with Crippen LogP contribution in [0.1, 0.15) is 15.9 Å². The minimum atomic E-state index is -0.348. The molecular weight excluding hydrogens is 188 g/mol. The molecule has 0 spiro atoms. The van der Waals surface area contributed by atoms with Crippen molar-refractivity contribution in [1.29, 1.82) is 0 Å². The van der Waals surface area contributed by atoms with Gasteiger partial charge in [0.2, 0.25) is 11.6 Å². The van der Waals surface area contributed by atoms with E-state index < -0.39 is 0 Å². The molecule has 2 aromatic rings. The van der Waals surface area contributed by atoms with E-state index in [4.69, 9.17) is 0 Å². The standard InChI is InChI=1S/C13H8O2/c14-11-7-9-5-1-3-8-4-2-6-10(12(8)9)13(11)15/h1-6H,7H2. The second kappa shape index (κ2) is 2.76. The number of ketones is 2. The number of hydrogen-bond acceptors (Lipinski definition) is 2. The third kappa shape index (κ3) is 1.05. The predicted octanol–water partition coefficient (Wildman–Crippen LogP) is 2.15. The Balaban J connectivity index is 2.51. The molecule has 15 heavy (non-hydrogen) atoms. The van der Waals surface area contributed by atoms with Crippen molar-refractivity contribution in [1.82, 2.24) is 0 Å². The molecule has 3 rings (SSSR count). The van der Waals surface area contributed by atoms with Gasteiger partial charge in [-0.25, -0.2) is 0 Å². The smallest absolute Gasteiger partial charge is 0.229 e. The summed E-state index contributed by atoms with van der Waals surface area (Å²) in [6.45, 7) is 0. The topological polar surface area (TPSA) is 34.1 Å². The highest BCUT2D eigenvalue weighted by molar-refractivity contribution is 6.48. The molecule has 0 radical (unpaired) electrons. The molecule has 0 aromatic heterocycles. The normalized spacial score (nSPS) is 14.7. The van der Waals surface area contributed by atoms with E-state index in [1.807, 2.05) is 30.3 Å². The molecule has 2 aromatic carbocycles. The Labute approximate surface area is 86.5 Å². The lowest BCUT2D eigenvalue weighted by molar-refractivity contribution is -0.114. The molecule has 0 fully saturated rings. The average Bonchev–Trinajstić information content (AvgIpc) is 2.26. The van der Waals surface area contributed by atoms with E-state index in [1.165, 1.54) is 0 Å². The predicted molar refractivity (Wildman–Crippen MR) is 57.0 cm³/mol. The van der Waals surface area contributed by atoms with Gasteiger partial charge in [0, 0.05) is 12.0 Å². The number of carbonyl (C=O) groups is 2. The highest BCUT2D eigenvalue weighted by Crippen LogP contribution is 2.27. The van der Waals surface area contributed by atoms with Crippen LogP contribution in [0.4, 0.5) is 0 Å². The van der Waals surface area contributed by atoms with Crippen molar-refractivity contribution in [2.24, 2.45) is 0 Å². The molecule has 2 nitrogen and oxygen atoms in total. The summed E-state index contributed by atoms with van der Waals surface area (Å²) in [6, 6.07) is 11.3. The van der Waals surface area contributed by atoms with Crippen molar-refractivity contribution in [2.75, 3.05) is 0 Å². The largest absolute Gasteiger partial charge is 0.290 e. The number of hydrogen-bond donors (Lipinski definition) is 0. The molecule has 1 aliphatic carbocycles. The summed E-state index contributed by atoms with van der Waals surface area (Å²) < 4.78 is 0. The van der Waals surface area contributed by atoms with Crippen LogP contribution in [0.3, 0.4) is 0 Å². The molecule has 72 valence electrons. The van der Waals surface area contributed by atoms with E-state index >= 15 is 0 Å². The average molecular weight is 196 g/mol. The zero-order valence-corrected chi connectivity index (χ0v) is 7.99. The van der Waals surface area contributed by atoms with Gasteiger partial charge in [0.1, 0.15) is 0 Å². The van der Waals surface area contributed by atoms with Crippen molar-refractivity contribution >= 4 is 22.3 Å². The summed E-state index contributed by atoms with van der Waals surface area (Å²) >= 11 is 0. The molecule has 0 saturated heterocycles. The highest BCUT2D eigenvalue weighted by atomic mass is 16.2. The molecule has 0 unspecified atom stereocenters. The Morgan fingerprint density at radius 3 is 2.47 bits per heavy atom. The summed E-state index contributed by atoms with van der Waals surface area (Å²) in [5.41, 5.74) is 1.52. The Morgan fingerprint density at radius 1 is 0.933 bits per heavy atom. The molecule has 0 amide bonds. The first-order valence-electron chi connectivity index (χ1n) is 4.85. The maximum absolute atomic E-state index is 11.7. The van der Waals surface area contributed by atoms with Crippen molar-refractivity contribution in [3.63, 3.8) is 0 Å². The first-order chi connectivity index (χ1) is 7.27. The maximum Gasteiger partial charge on any atom is 0.229 e. The van der Waals surface area contributed by atoms with Crippen LogP contribution in [0.25, 0.3) is 10.8 Å². The lowest BCUT2D eigenvalue weighted by atomic mass is 9.87. The monoisotopic (exact) mass is 196 g/mol. The van der Waals surface area contributed by atoms with Crippen molar-refractivity contribution in [2.45, 2.75) is 6.42 Å². The Bertz CT molecular complexity index is 591. The van der Waals surface area contributed by atoms with Gasteiger partial charge in [0.25, 0.3) is 0 Å². The van der Waals surface area contributed by atoms with Crippen molar-refractivity contribution in [3.8, 4) is 0 Å². The van der Waals surface area contributed by atoms with Gasteiger partial charge in [-0.3, -0.25) is 9.59 Å². The first kappa shape index (κ1) is 8.36. The van der Waals surface area contributed by atoms with Gasteiger partial charge in [0.15, 0.2) is 0 Å². The molecule has 0 heterocycles. The van der Waals surface area contributed by atoms with Crippen LogP contribution in [-0.4, -0.2) is 11.6 Å². The van der Waals surface area contributed by atoms with Gasteiger partial charge in [-0.2, -0.15) is 0 Å². The molecular formula is C13H8O2. The summed E-state index contributed by atoms with van der Waals surface area (Å²) in [4.78, 5) is 23.1. The second-order valence-electron chi connectivity index (χ2n) is 3.75. The quantitative estimate of drug-likeness (QED) is 0.605. The molecule has 0 saturated carbocycles. The first-order valence-corrected chi connectivity index (χ1v) is 4.85. The molecule has 1 aliphatic rings. The van der Waals surface area contributed by atoms with E-state index in [9.17, 15) is 9.59 Å². The van der Waals surface area contributed by atoms with Crippen LogP contribution in [0.2, 0.25) is 0 Å². The van der Waals surface area contributed by atoms with Crippen LogP contribution in [0.5, 0.6) is 0 Å². The number of rotatable bonds is 0. The van der Waals surface area contributed by atoms with Crippen LogP contribution in [0, 0.1) is 0 Å². The van der Waals surface area contributed by atoms with Gasteiger partial charge < -0.3 is 0 Å². The van der Waals surface area contributed by atoms with Crippen molar-refractivity contribution in [3.05, 3.63) is 47.5 Å². The lowest BCUT2D eigenvalue weighted by Crippen LogP contribution is -2.21. The molecule has 2 heteroatoms. The molecule has 0 aliphatic heterocycles. The SMILES string of the molecule is O=C1Cc2cccc3cccc(c23)C1=O. The Hall–Kier alpha value is -1.96. The van der Waals surface area contributed by atoms with E-state index in [-0.39, 0.29) is 18.0 Å². The Morgan fingerprint density at radius 2 is 1.67 bits per heavy atom. The zero-order chi connectivity index (χ0) is 10.4. The summed E-state index contributed by atoms with van der Waals surface area (Å²) in [5.74, 6) is -0.652. The van der Waals surface area contributed by atoms with E-state index in [0.29, 0.717) is 5.56 Å². The second-order valence-corrected chi connectivity index (χ2v) is 3.75. The highest BCUT2D eigenvalue weighted by Gasteiger charge is 2.25. The number of carbonyl (C=O) groups excluding carboxylic acids is 2. The third-order valence-corrected chi connectivity index (χ3v) is 2.84. The van der Waals surface area contributed by atoms with Gasteiger partial charge >= 0.3 is 0 Å². The fourth-order valence-electron chi connectivity index (χ4n) is 2.16. The van der Waals surface area contributed by atoms with Gasteiger partial charge in [0.05, 0.1) is 0 Å². The van der Waals surface area contributed by atoms with Crippen LogP contribution >= 0.6 is 0 Å². The van der Waals surface area contributed by atoms with E-state index in [1.54, 1.807) is 6.07 Å². The number of Topliss-reactive ketones (excluding diaryl/α,β-unsaturated/α-hetero) is 2. The minimum absolute atomic E-state index is 0.243. The van der Waals surface area contributed by atoms with Crippen molar-refractivity contribution < 1.29 is 9.59 Å². The molecule has 0 N–H and O–H groups in total. The zero-order valence-electron chi connectivity index (χ0n) is 7.99. The lowest BCUT2D eigenvalue weighted by Gasteiger charge is -2.14. The molecule has 0 atom stereocenters.